The smallest absolute Gasteiger partial charge is 0.155 e. The number of carbonyl (C=O) groups excluding carboxylic acids is 2. The molecule has 1 aliphatic heterocycles. The van der Waals surface area contributed by atoms with Crippen LogP contribution in [-0.4, -0.2) is 47.7 Å². The van der Waals surface area contributed by atoms with Gasteiger partial charge >= 0.3 is 0 Å². The Morgan fingerprint density at radius 2 is 2.00 bits per heavy atom. The third-order valence-electron chi connectivity index (χ3n) is 4.05. The molecule has 0 aromatic rings. The first kappa shape index (κ1) is 20.7. The Morgan fingerprint density at radius 1 is 1.30 bits per heavy atom. The molecule has 1 fully saturated rings. The summed E-state index contributed by atoms with van der Waals surface area (Å²) in [7, 11) is 0. The highest BCUT2D eigenvalue weighted by atomic mass is 32.2. The number of hydrogen-bond donors (Lipinski definition) is 2. The van der Waals surface area contributed by atoms with Crippen molar-refractivity contribution < 1.29 is 9.59 Å². The summed E-state index contributed by atoms with van der Waals surface area (Å²) in [6.07, 6.45) is 3.32. The highest BCUT2D eigenvalue weighted by molar-refractivity contribution is 7.99. The SMILES string of the molecule is CC(C)N[C@H]1CCSCC(C(=O)C(C)(C)C)NCCCCC1=O. The van der Waals surface area contributed by atoms with E-state index in [1.165, 1.54) is 0 Å². The topological polar surface area (TPSA) is 58.2 Å². The van der Waals surface area contributed by atoms with E-state index < -0.39 is 0 Å². The molecule has 1 saturated heterocycles. The number of carbonyl (C=O) groups is 2. The largest absolute Gasteiger partial charge is 0.307 e. The normalized spacial score (nSPS) is 25.7. The van der Waals surface area contributed by atoms with Crippen LogP contribution in [0.1, 0.15) is 60.3 Å². The Hall–Kier alpha value is -0.390. The van der Waals surface area contributed by atoms with E-state index in [1.54, 1.807) is 11.8 Å². The molecule has 5 heteroatoms. The summed E-state index contributed by atoms with van der Waals surface area (Å²) in [5, 5.41) is 6.80. The van der Waals surface area contributed by atoms with Gasteiger partial charge in [-0.25, -0.2) is 0 Å². The zero-order chi connectivity index (χ0) is 17.5. The second-order valence-electron chi connectivity index (χ2n) is 7.78. The first-order chi connectivity index (χ1) is 10.7. The molecule has 1 heterocycles. The summed E-state index contributed by atoms with van der Waals surface area (Å²) in [4.78, 5) is 24.9. The maximum atomic E-state index is 12.6. The fourth-order valence-electron chi connectivity index (χ4n) is 2.77. The van der Waals surface area contributed by atoms with Gasteiger partial charge < -0.3 is 10.6 Å². The molecule has 1 unspecified atom stereocenters. The fourth-order valence-corrected chi connectivity index (χ4v) is 3.84. The first-order valence-corrected chi connectivity index (χ1v) is 10.0. The number of Topliss-reactive ketones (excluding diaryl/α,β-unsaturated/α-hetero) is 2. The van der Waals surface area contributed by atoms with Crippen LogP contribution in [0, 0.1) is 5.41 Å². The number of hydrogen-bond acceptors (Lipinski definition) is 5. The molecule has 0 aromatic heterocycles. The van der Waals surface area contributed by atoms with Crippen LogP contribution in [-0.2, 0) is 9.59 Å². The highest BCUT2D eigenvalue weighted by Crippen LogP contribution is 2.20. The summed E-state index contributed by atoms with van der Waals surface area (Å²) in [6, 6.07) is 0.206. The first-order valence-electron chi connectivity index (χ1n) is 8.86. The quantitative estimate of drug-likeness (QED) is 0.826. The van der Waals surface area contributed by atoms with Crippen LogP contribution in [0.3, 0.4) is 0 Å². The lowest BCUT2D eigenvalue weighted by atomic mass is 9.87. The van der Waals surface area contributed by atoms with Crippen molar-refractivity contribution >= 4 is 23.3 Å². The van der Waals surface area contributed by atoms with E-state index in [0.29, 0.717) is 18.2 Å². The van der Waals surface area contributed by atoms with Gasteiger partial charge in [0.25, 0.3) is 0 Å². The lowest BCUT2D eigenvalue weighted by Crippen LogP contribution is -2.45. The second-order valence-corrected chi connectivity index (χ2v) is 8.93. The lowest BCUT2D eigenvalue weighted by Gasteiger charge is -2.26. The van der Waals surface area contributed by atoms with Crippen molar-refractivity contribution in [3.8, 4) is 0 Å². The van der Waals surface area contributed by atoms with E-state index in [2.05, 4.69) is 24.5 Å². The van der Waals surface area contributed by atoms with E-state index in [9.17, 15) is 9.59 Å². The Kier molecular flexibility index (Phi) is 8.80. The number of ketones is 2. The number of thioether (sulfide) groups is 1. The molecular weight excluding hydrogens is 308 g/mol. The third kappa shape index (κ3) is 7.81. The number of nitrogens with one attached hydrogen (secondary N) is 2. The monoisotopic (exact) mass is 342 g/mol. The second kappa shape index (κ2) is 9.80. The van der Waals surface area contributed by atoms with Crippen molar-refractivity contribution in [3.05, 3.63) is 0 Å². The minimum absolute atomic E-state index is 0.0355. The van der Waals surface area contributed by atoms with Crippen LogP contribution < -0.4 is 10.6 Å². The van der Waals surface area contributed by atoms with E-state index >= 15 is 0 Å². The van der Waals surface area contributed by atoms with Crippen LogP contribution in [0.2, 0.25) is 0 Å². The summed E-state index contributed by atoms with van der Waals surface area (Å²) in [5.74, 6) is 2.32. The summed E-state index contributed by atoms with van der Waals surface area (Å²) in [6.45, 7) is 10.9. The van der Waals surface area contributed by atoms with Crippen molar-refractivity contribution in [2.24, 2.45) is 5.41 Å². The molecule has 0 bridgehead atoms. The third-order valence-corrected chi connectivity index (χ3v) is 5.15. The molecule has 23 heavy (non-hydrogen) atoms. The minimum atomic E-state index is -0.313. The zero-order valence-electron chi connectivity index (χ0n) is 15.4. The van der Waals surface area contributed by atoms with Gasteiger partial charge in [-0.05, 0) is 31.6 Å². The predicted molar refractivity (Wildman–Crippen MR) is 99.1 cm³/mol. The average Bonchev–Trinajstić information content (AvgIpc) is 2.44. The highest BCUT2D eigenvalue weighted by Gasteiger charge is 2.29. The molecule has 0 spiro atoms. The van der Waals surface area contributed by atoms with Gasteiger partial charge in [-0.15, -0.1) is 0 Å². The Labute approximate surface area is 145 Å². The van der Waals surface area contributed by atoms with Crippen molar-refractivity contribution in [1.82, 2.24) is 10.6 Å². The average molecular weight is 343 g/mol. The van der Waals surface area contributed by atoms with Gasteiger partial charge in [0.2, 0.25) is 0 Å². The van der Waals surface area contributed by atoms with Crippen LogP contribution in [0.15, 0.2) is 0 Å². The maximum Gasteiger partial charge on any atom is 0.155 e. The molecule has 0 aliphatic carbocycles. The van der Waals surface area contributed by atoms with Crippen LogP contribution in [0.5, 0.6) is 0 Å². The molecule has 134 valence electrons. The van der Waals surface area contributed by atoms with E-state index in [1.807, 2.05) is 20.8 Å². The Morgan fingerprint density at radius 3 is 2.61 bits per heavy atom. The summed E-state index contributed by atoms with van der Waals surface area (Å²) >= 11 is 1.78. The Bertz CT molecular complexity index is 391. The van der Waals surface area contributed by atoms with Gasteiger partial charge in [-0.2, -0.15) is 11.8 Å². The van der Waals surface area contributed by atoms with Gasteiger partial charge in [0.15, 0.2) is 5.78 Å². The van der Waals surface area contributed by atoms with Gasteiger partial charge in [0.05, 0.1) is 12.1 Å². The van der Waals surface area contributed by atoms with Crippen molar-refractivity contribution in [3.63, 3.8) is 0 Å². The van der Waals surface area contributed by atoms with Crippen LogP contribution in [0.4, 0.5) is 0 Å². The zero-order valence-corrected chi connectivity index (χ0v) is 16.2. The molecule has 0 radical (unpaired) electrons. The van der Waals surface area contributed by atoms with E-state index in [4.69, 9.17) is 0 Å². The van der Waals surface area contributed by atoms with Crippen molar-refractivity contribution in [2.75, 3.05) is 18.1 Å². The molecular formula is C18H34N2O2S. The van der Waals surface area contributed by atoms with Gasteiger partial charge in [0.1, 0.15) is 5.78 Å². The van der Waals surface area contributed by atoms with Crippen LogP contribution in [0.25, 0.3) is 0 Å². The minimum Gasteiger partial charge on any atom is -0.307 e. The summed E-state index contributed by atoms with van der Waals surface area (Å²) < 4.78 is 0. The standard InChI is InChI=1S/C18H34N2O2S/c1-13(2)20-14-9-11-23-12-15(17(22)18(3,4)5)19-10-7-6-8-16(14)21/h13-15,19-20H,6-12H2,1-5H3/t14-,15?/m0/s1. The molecule has 1 aliphatic rings. The lowest BCUT2D eigenvalue weighted by molar-refractivity contribution is -0.128. The Balaban J connectivity index is 2.65. The van der Waals surface area contributed by atoms with Crippen LogP contribution >= 0.6 is 11.8 Å². The molecule has 0 aromatic carbocycles. The summed E-state index contributed by atoms with van der Waals surface area (Å²) in [5.41, 5.74) is -0.313. The van der Waals surface area contributed by atoms with E-state index in [-0.39, 0.29) is 23.3 Å². The van der Waals surface area contributed by atoms with Crippen molar-refractivity contribution in [2.45, 2.75) is 78.4 Å². The van der Waals surface area contributed by atoms with E-state index in [0.717, 1.165) is 37.3 Å². The maximum absolute atomic E-state index is 12.6. The molecule has 0 saturated carbocycles. The molecule has 2 atom stereocenters. The number of rotatable bonds is 3. The fraction of sp³-hybridized carbons (Fsp3) is 0.889. The molecule has 0 amide bonds. The van der Waals surface area contributed by atoms with Gasteiger partial charge in [-0.3, -0.25) is 9.59 Å². The van der Waals surface area contributed by atoms with Crippen molar-refractivity contribution in [1.29, 1.82) is 0 Å². The van der Waals surface area contributed by atoms with Gasteiger partial charge in [0, 0.05) is 23.6 Å². The molecule has 1 rings (SSSR count). The van der Waals surface area contributed by atoms with Gasteiger partial charge in [-0.1, -0.05) is 34.6 Å². The predicted octanol–water partition coefficient (Wildman–Crippen LogP) is 2.80. The molecule has 2 N–H and O–H groups in total. The molecule has 4 nitrogen and oxygen atoms in total.